The molecule has 0 spiro atoms. The summed E-state index contributed by atoms with van der Waals surface area (Å²) in [5.41, 5.74) is 6.94. The fourth-order valence-electron chi connectivity index (χ4n) is 2.14. The van der Waals surface area contributed by atoms with Gasteiger partial charge in [0.2, 0.25) is 0 Å². The number of benzene rings is 1. The topological polar surface area (TPSA) is 35.2 Å². The number of nitrogens with two attached hydrogens (primary N) is 1. The minimum absolute atomic E-state index is 0.0446. The van der Waals surface area contributed by atoms with Crippen LogP contribution in [0.5, 0.6) is 0 Å². The van der Waals surface area contributed by atoms with Crippen LogP contribution in [0.2, 0.25) is 0 Å². The summed E-state index contributed by atoms with van der Waals surface area (Å²) in [5, 5.41) is 0. The van der Waals surface area contributed by atoms with Gasteiger partial charge in [-0.05, 0) is 30.0 Å². The molecule has 3 heteroatoms. The summed E-state index contributed by atoms with van der Waals surface area (Å²) in [4.78, 5) is 0. The minimum atomic E-state index is 0.0446. The van der Waals surface area contributed by atoms with Crippen molar-refractivity contribution in [3.05, 3.63) is 34.3 Å². The summed E-state index contributed by atoms with van der Waals surface area (Å²) in [7, 11) is 0. The molecule has 0 amide bonds. The summed E-state index contributed by atoms with van der Waals surface area (Å²) in [5.74, 6) is 0.901. The zero-order chi connectivity index (χ0) is 12.1. The van der Waals surface area contributed by atoms with Gasteiger partial charge in [0.15, 0.2) is 0 Å². The van der Waals surface area contributed by atoms with Crippen LogP contribution in [0.1, 0.15) is 37.4 Å². The van der Waals surface area contributed by atoms with Crippen molar-refractivity contribution in [1.82, 2.24) is 0 Å². The zero-order valence-electron chi connectivity index (χ0n) is 10.1. The third-order valence-corrected chi connectivity index (χ3v) is 4.05. The third-order valence-electron chi connectivity index (χ3n) is 3.53. The molecule has 0 aliphatic heterocycles. The molecular weight excluding hydrogens is 278 g/mol. The lowest BCUT2D eigenvalue weighted by Gasteiger charge is -2.26. The van der Waals surface area contributed by atoms with Crippen molar-refractivity contribution in [2.75, 3.05) is 13.2 Å². The van der Waals surface area contributed by atoms with E-state index in [1.54, 1.807) is 0 Å². The maximum Gasteiger partial charge on any atom is 0.0947 e. The van der Waals surface area contributed by atoms with E-state index < -0.39 is 0 Å². The van der Waals surface area contributed by atoms with Crippen molar-refractivity contribution in [2.24, 2.45) is 11.7 Å². The Balaban J connectivity index is 1.80. The van der Waals surface area contributed by atoms with Crippen molar-refractivity contribution in [3.63, 3.8) is 0 Å². The Kier molecular flexibility index (Phi) is 5.01. The first-order chi connectivity index (χ1) is 8.29. The van der Waals surface area contributed by atoms with Gasteiger partial charge in [-0.3, -0.25) is 0 Å². The highest BCUT2D eigenvalue weighted by Crippen LogP contribution is 2.30. The highest BCUT2D eigenvalue weighted by molar-refractivity contribution is 9.10. The molecule has 0 radical (unpaired) electrons. The van der Waals surface area contributed by atoms with E-state index in [2.05, 4.69) is 28.1 Å². The molecular formula is C14H20BrNO. The first-order valence-electron chi connectivity index (χ1n) is 6.36. The van der Waals surface area contributed by atoms with Crippen molar-refractivity contribution in [1.29, 1.82) is 0 Å². The number of rotatable bonds is 6. The number of ether oxygens (including phenoxy) is 1. The van der Waals surface area contributed by atoms with Gasteiger partial charge in [0.1, 0.15) is 0 Å². The molecule has 0 bridgehead atoms. The van der Waals surface area contributed by atoms with Crippen LogP contribution in [-0.4, -0.2) is 13.2 Å². The van der Waals surface area contributed by atoms with Gasteiger partial charge in [0, 0.05) is 17.6 Å². The molecule has 1 atom stereocenters. The van der Waals surface area contributed by atoms with Crippen LogP contribution in [0.15, 0.2) is 28.7 Å². The van der Waals surface area contributed by atoms with Crippen LogP contribution in [0.25, 0.3) is 0 Å². The molecule has 1 aliphatic rings. The fraction of sp³-hybridized carbons (Fsp3) is 0.571. The third kappa shape index (κ3) is 3.80. The first-order valence-corrected chi connectivity index (χ1v) is 7.16. The van der Waals surface area contributed by atoms with Gasteiger partial charge in [-0.1, -0.05) is 47.3 Å². The molecule has 0 aromatic heterocycles. The van der Waals surface area contributed by atoms with E-state index >= 15 is 0 Å². The monoisotopic (exact) mass is 297 g/mol. The number of hydrogen-bond acceptors (Lipinski definition) is 2. The van der Waals surface area contributed by atoms with E-state index in [-0.39, 0.29) is 6.10 Å². The Labute approximate surface area is 112 Å². The van der Waals surface area contributed by atoms with Crippen molar-refractivity contribution in [2.45, 2.75) is 31.8 Å². The average molecular weight is 298 g/mol. The number of halogens is 1. The Morgan fingerprint density at radius 1 is 1.29 bits per heavy atom. The second-order valence-corrected chi connectivity index (χ2v) is 5.65. The van der Waals surface area contributed by atoms with Crippen LogP contribution in [-0.2, 0) is 4.74 Å². The van der Waals surface area contributed by atoms with Crippen molar-refractivity contribution >= 4 is 15.9 Å². The maximum atomic E-state index is 5.88. The molecule has 94 valence electrons. The number of hydrogen-bond donors (Lipinski definition) is 1. The summed E-state index contributed by atoms with van der Waals surface area (Å²) in [6.07, 6.45) is 5.40. The second-order valence-electron chi connectivity index (χ2n) is 4.73. The normalized spacial score (nSPS) is 17.8. The van der Waals surface area contributed by atoms with E-state index in [0.717, 1.165) is 17.0 Å². The highest BCUT2D eigenvalue weighted by Gasteiger charge is 2.18. The minimum Gasteiger partial charge on any atom is -0.372 e. The molecule has 0 saturated heterocycles. The van der Waals surface area contributed by atoms with E-state index in [9.17, 15) is 0 Å². The molecule has 17 heavy (non-hydrogen) atoms. The van der Waals surface area contributed by atoms with Gasteiger partial charge >= 0.3 is 0 Å². The quantitative estimate of drug-likeness (QED) is 0.870. The van der Waals surface area contributed by atoms with Gasteiger partial charge in [-0.15, -0.1) is 0 Å². The van der Waals surface area contributed by atoms with E-state index in [1.807, 2.05) is 12.1 Å². The molecule has 2 N–H and O–H groups in total. The zero-order valence-corrected chi connectivity index (χ0v) is 11.7. The second kappa shape index (κ2) is 6.53. The van der Waals surface area contributed by atoms with E-state index in [0.29, 0.717) is 6.54 Å². The van der Waals surface area contributed by atoms with Gasteiger partial charge in [0.25, 0.3) is 0 Å². The highest BCUT2D eigenvalue weighted by atomic mass is 79.9. The molecule has 1 aromatic carbocycles. The molecule has 1 unspecified atom stereocenters. The van der Waals surface area contributed by atoms with Crippen molar-refractivity contribution in [3.8, 4) is 0 Å². The van der Waals surface area contributed by atoms with E-state index in [4.69, 9.17) is 10.5 Å². The average Bonchev–Trinajstić information content (AvgIpc) is 2.29. The van der Waals surface area contributed by atoms with Crippen LogP contribution < -0.4 is 5.73 Å². The predicted molar refractivity (Wildman–Crippen MR) is 73.8 cm³/mol. The standard InChI is InChI=1S/C14H20BrNO/c15-13-6-4-12(5-7-13)14(10-16)17-9-8-11-2-1-3-11/h4-7,11,14H,1-3,8-10,16H2. The molecule has 1 saturated carbocycles. The summed E-state index contributed by atoms with van der Waals surface area (Å²) in [6.45, 7) is 1.38. The predicted octanol–water partition coefficient (Wildman–Crippen LogP) is 3.66. The van der Waals surface area contributed by atoms with Gasteiger partial charge < -0.3 is 10.5 Å². The van der Waals surface area contributed by atoms with Gasteiger partial charge in [-0.25, -0.2) is 0 Å². The molecule has 1 aromatic rings. The smallest absolute Gasteiger partial charge is 0.0947 e. The van der Waals surface area contributed by atoms with Crippen LogP contribution in [0.4, 0.5) is 0 Å². The molecule has 2 rings (SSSR count). The fourth-order valence-corrected chi connectivity index (χ4v) is 2.40. The van der Waals surface area contributed by atoms with Crippen molar-refractivity contribution < 1.29 is 4.74 Å². The Morgan fingerprint density at radius 3 is 2.53 bits per heavy atom. The van der Waals surface area contributed by atoms with Crippen LogP contribution in [0, 0.1) is 5.92 Å². The van der Waals surface area contributed by atoms with E-state index in [1.165, 1.54) is 31.2 Å². The first kappa shape index (κ1) is 13.1. The molecule has 1 fully saturated rings. The lowest BCUT2D eigenvalue weighted by atomic mass is 9.83. The maximum absolute atomic E-state index is 5.88. The van der Waals surface area contributed by atoms with Crippen LogP contribution in [0.3, 0.4) is 0 Å². The van der Waals surface area contributed by atoms with Crippen LogP contribution >= 0.6 is 15.9 Å². The van der Waals surface area contributed by atoms with Gasteiger partial charge in [0.05, 0.1) is 6.10 Å². The SMILES string of the molecule is NCC(OCCC1CCC1)c1ccc(Br)cc1. The molecule has 1 aliphatic carbocycles. The Hall–Kier alpha value is -0.380. The Morgan fingerprint density at radius 2 is 2.00 bits per heavy atom. The Bertz CT molecular complexity index is 335. The largest absolute Gasteiger partial charge is 0.372 e. The molecule has 2 nitrogen and oxygen atoms in total. The molecule has 0 heterocycles. The summed E-state index contributed by atoms with van der Waals surface area (Å²) < 4.78 is 6.97. The summed E-state index contributed by atoms with van der Waals surface area (Å²) >= 11 is 3.43. The lowest BCUT2D eigenvalue weighted by Crippen LogP contribution is -2.19. The summed E-state index contributed by atoms with van der Waals surface area (Å²) in [6, 6.07) is 8.22. The lowest BCUT2D eigenvalue weighted by molar-refractivity contribution is 0.0424. The van der Waals surface area contributed by atoms with Gasteiger partial charge in [-0.2, -0.15) is 0 Å².